The molecule has 0 aliphatic carbocycles. The molecule has 1 aromatic heterocycles. The highest BCUT2D eigenvalue weighted by molar-refractivity contribution is 6.39. The average Bonchev–Trinajstić information content (AvgIpc) is 3.12. The van der Waals surface area contributed by atoms with Gasteiger partial charge in [-0.3, -0.25) is 4.79 Å². The van der Waals surface area contributed by atoms with Crippen molar-refractivity contribution in [3.63, 3.8) is 0 Å². The van der Waals surface area contributed by atoms with Gasteiger partial charge < -0.3 is 14.5 Å². The van der Waals surface area contributed by atoms with Crippen LogP contribution in [0.5, 0.6) is 5.75 Å². The first-order chi connectivity index (χ1) is 12.6. The Kier molecular flexibility index (Phi) is 5.75. The first-order valence-corrected chi connectivity index (χ1v) is 8.53. The topological polar surface area (TPSA) is 77.2 Å². The third kappa shape index (κ3) is 4.33. The summed E-state index contributed by atoms with van der Waals surface area (Å²) in [7, 11) is 1.59. The van der Waals surface area contributed by atoms with Crippen LogP contribution in [0.15, 0.2) is 46.9 Å². The van der Waals surface area contributed by atoms with Crippen LogP contribution in [-0.2, 0) is 11.2 Å². The highest BCUT2D eigenvalue weighted by Gasteiger charge is 2.13. The van der Waals surface area contributed by atoms with Gasteiger partial charge in [0.05, 0.1) is 22.8 Å². The molecule has 8 heteroatoms. The summed E-state index contributed by atoms with van der Waals surface area (Å²) >= 11 is 12.1. The summed E-state index contributed by atoms with van der Waals surface area (Å²) in [6.07, 6.45) is 0.451. The summed E-state index contributed by atoms with van der Waals surface area (Å²) in [6, 6.07) is 12.3. The Hall–Kier alpha value is -2.57. The molecular weight excluding hydrogens is 377 g/mol. The minimum Gasteiger partial charge on any atom is -0.497 e. The zero-order valence-electron chi connectivity index (χ0n) is 13.8. The second-order valence-electron chi connectivity index (χ2n) is 5.38. The van der Waals surface area contributed by atoms with E-state index in [1.807, 2.05) is 18.2 Å². The predicted octanol–water partition coefficient (Wildman–Crippen LogP) is 4.62. The van der Waals surface area contributed by atoms with Crippen molar-refractivity contribution in [2.24, 2.45) is 0 Å². The number of para-hydroxylation sites is 1. The number of rotatable bonds is 6. The van der Waals surface area contributed by atoms with Crippen molar-refractivity contribution < 1.29 is 13.9 Å². The predicted molar refractivity (Wildman–Crippen MR) is 99.7 cm³/mol. The number of benzene rings is 2. The van der Waals surface area contributed by atoms with Gasteiger partial charge in [-0.1, -0.05) is 35.3 Å². The van der Waals surface area contributed by atoms with E-state index in [0.717, 1.165) is 5.56 Å². The molecular formula is C18H15Cl2N3O3. The van der Waals surface area contributed by atoms with Crippen molar-refractivity contribution in [2.75, 3.05) is 12.4 Å². The van der Waals surface area contributed by atoms with E-state index < -0.39 is 0 Å². The second-order valence-corrected chi connectivity index (χ2v) is 6.19. The van der Waals surface area contributed by atoms with Gasteiger partial charge in [0.25, 0.3) is 0 Å². The number of anilines is 1. The van der Waals surface area contributed by atoms with Gasteiger partial charge in [-0.15, -0.1) is 10.2 Å². The molecule has 3 aromatic rings. The van der Waals surface area contributed by atoms with Gasteiger partial charge in [-0.25, -0.2) is 0 Å². The van der Waals surface area contributed by atoms with E-state index in [0.29, 0.717) is 39.7 Å². The van der Waals surface area contributed by atoms with Crippen LogP contribution in [0, 0.1) is 0 Å². The van der Waals surface area contributed by atoms with Crippen LogP contribution in [0.2, 0.25) is 10.0 Å². The average molecular weight is 392 g/mol. The summed E-state index contributed by atoms with van der Waals surface area (Å²) in [5, 5.41) is 11.4. The molecule has 0 saturated carbocycles. The van der Waals surface area contributed by atoms with Gasteiger partial charge in [0.1, 0.15) is 5.75 Å². The molecule has 3 rings (SSSR count). The Labute approximate surface area is 160 Å². The number of aryl methyl sites for hydroxylation is 1. The monoisotopic (exact) mass is 391 g/mol. The molecule has 1 N–H and O–H groups in total. The molecule has 1 heterocycles. The van der Waals surface area contributed by atoms with Crippen molar-refractivity contribution in [1.82, 2.24) is 10.2 Å². The fourth-order valence-corrected chi connectivity index (χ4v) is 2.76. The molecule has 0 atom stereocenters. The lowest BCUT2D eigenvalue weighted by molar-refractivity contribution is -0.116. The van der Waals surface area contributed by atoms with Crippen LogP contribution >= 0.6 is 23.2 Å². The molecule has 134 valence electrons. The highest BCUT2D eigenvalue weighted by Crippen LogP contribution is 2.30. The van der Waals surface area contributed by atoms with Crippen LogP contribution < -0.4 is 10.1 Å². The number of halogens is 2. The van der Waals surface area contributed by atoms with Crippen LogP contribution in [-0.4, -0.2) is 23.2 Å². The summed E-state index contributed by atoms with van der Waals surface area (Å²) in [5.74, 6) is 1.18. The van der Waals surface area contributed by atoms with E-state index >= 15 is 0 Å². The van der Waals surface area contributed by atoms with E-state index in [1.165, 1.54) is 0 Å². The lowest BCUT2D eigenvalue weighted by Crippen LogP contribution is -2.13. The standard InChI is InChI=1S/C18H15Cl2N3O3/c1-25-12-5-2-4-11(10-12)18-23-22-16(26-18)9-8-15(24)21-17-13(19)6-3-7-14(17)20/h2-7,10H,8-9H2,1H3,(H,21,24). The number of carbonyl (C=O) groups excluding carboxylic acids is 1. The van der Waals surface area contributed by atoms with Crippen LogP contribution in [0.3, 0.4) is 0 Å². The molecule has 0 spiro atoms. The van der Waals surface area contributed by atoms with Crippen LogP contribution in [0.25, 0.3) is 11.5 Å². The quantitative estimate of drug-likeness (QED) is 0.662. The molecule has 26 heavy (non-hydrogen) atoms. The second kappa shape index (κ2) is 8.21. The number of hydrogen-bond acceptors (Lipinski definition) is 5. The largest absolute Gasteiger partial charge is 0.497 e. The number of hydrogen-bond donors (Lipinski definition) is 1. The minimum atomic E-state index is -0.249. The van der Waals surface area contributed by atoms with E-state index in [1.54, 1.807) is 31.4 Å². The van der Waals surface area contributed by atoms with Crippen LogP contribution in [0.1, 0.15) is 12.3 Å². The molecule has 6 nitrogen and oxygen atoms in total. The molecule has 0 saturated heterocycles. The number of carbonyl (C=O) groups is 1. The number of nitrogens with one attached hydrogen (secondary N) is 1. The smallest absolute Gasteiger partial charge is 0.247 e. The Bertz CT molecular complexity index is 907. The maximum atomic E-state index is 12.1. The Morgan fingerprint density at radius 3 is 2.62 bits per heavy atom. The lowest BCUT2D eigenvalue weighted by Gasteiger charge is -2.08. The highest BCUT2D eigenvalue weighted by atomic mass is 35.5. The van der Waals surface area contributed by atoms with Gasteiger partial charge in [-0.05, 0) is 30.3 Å². The normalized spacial score (nSPS) is 10.6. The maximum absolute atomic E-state index is 12.1. The summed E-state index contributed by atoms with van der Waals surface area (Å²) in [6.45, 7) is 0. The first kappa shape index (κ1) is 18.2. The third-order valence-corrected chi connectivity index (χ3v) is 4.21. The van der Waals surface area contributed by atoms with Crippen LogP contribution in [0.4, 0.5) is 5.69 Å². The summed E-state index contributed by atoms with van der Waals surface area (Å²) in [4.78, 5) is 12.1. The fourth-order valence-electron chi connectivity index (χ4n) is 2.27. The fraction of sp³-hybridized carbons (Fsp3) is 0.167. The zero-order chi connectivity index (χ0) is 18.5. The van der Waals surface area contributed by atoms with E-state index in [4.69, 9.17) is 32.4 Å². The molecule has 0 aliphatic rings. The van der Waals surface area contributed by atoms with E-state index in [-0.39, 0.29) is 12.3 Å². The van der Waals surface area contributed by atoms with Gasteiger partial charge in [0.2, 0.25) is 17.7 Å². The molecule has 0 aliphatic heterocycles. The molecule has 0 radical (unpaired) electrons. The van der Waals surface area contributed by atoms with Crippen molar-refractivity contribution in [3.05, 3.63) is 58.4 Å². The summed E-state index contributed by atoms with van der Waals surface area (Å²) in [5.41, 5.74) is 1.14. The molecule has 1 amide bonds. The number of ether oxygens (including phenoxy) is 1. The van der Waals surface area contributed by atoms with Crippen molar-refractivity contribution in [1.29, 1.82) is 0 Å². The minimum absolute atomic E-state index is 0.154. The van der Waals surface area contributed by atoms with Gasteiger partial charge in [0.15, 0.2) is 0 Å². The number of aromatic nitrogens is 2. The van der Waals surface area contributed by atoms with E-state index in [9.17, 15) is 4.79 Å². The first-order valence-electron chi connectivity index (χ1n) is 7.77. The van der Waals surface area contributed by atoms with Gasteiger partial charge in [-0.2, -0.15) is 0 Å². The van der Waals surface area contributed by atoms with Crippen molar-refractivity contribution in [2.45, 2.75) is 12.8 Å². The van der Waals surface area contributed by atoms with Gasteiger partial charge in [0, 0.05) is 18.4 Å². The molecule has 2 aromatic carbocycles. The Morgan fingerprint density at radius 2 is 1.88 bits per heavy atom. The number of amides is 1. The van der Waals surface area contributed by atoms with Crippen molar-refractivity contribution in [3.8, 4) is 17.2 Å². The number of methoxy groups -OCH3 is 1. The molecule has 0 unspecified atom stereocenters. The summed E-state index contributed by atoms with van der Waals surface area (Å²) < 4.78 is 10.8. The van der Waals surface area contributed by atoms with Crippen molar-refractivity contribution >= 4 is 34.8 Å². The lowest BCUT2D eigenvalue weighted by atomic mass is 10.2. The zero-order valence-corrected chi connectivity index (χ0v) is 15.3. The maximum Gasteiger partial charge on any atom is 0.247 e. The molecule has 0 fully saturated rings. The third-order valence-electron chi connectivity index (χ3n) is 3.58. The Balaban J connectivity index is 1.62. The number of nitrogens with zero attached hydrogens (tertiary/aromatic N) is 2. The molecule has 0 bridgehead atoms. The van der Waals surface area contributed by atoms with Gasteiger partial charge >= 0.3 is 0 Å². The SMILES string of the molecule is COc1cccc(-c2nnc(CCC(=O)Nc3c(Cl)cccc3Cl)o2)c1. The van der Waals surface area contributed by atoms with E-state index in [2.05, 4.69) is 15.5 Å². The Morgan fingerprint density at radius 1 is 1.15 bits per heavy atom.